The minimum Gasteiger partial charge on any atom is -0.381 e. The predicted molar refractivity (Wildman–Crippen MR) is 85.3 cm³/mol. The summed E-state index contributed by atoms with van der Waals surface area (Å²) in [4.78, 5) is 8.56. The lowest BCUT2D eigenvalue weighted by molar-refractivity contribution is 0.0780. The topological polar surface area (TPSA) is 81.2 Å². The van der Waals surface area contributed by atoms with Crippen LogP contribution in [0.1, 0.15) is 30.3 Å². The quantitative estimate of drug-likeness (QED) is 0.891. The molecule has 1 saturated heterocycles. The third-order valence-corrected chi connectivity index (χ3v) is 5.21. The average Bonchev–Trinajstić information content (AvgIpc) is 2.61. The molecule has 1 atom stereocenters. The Hall–Kier alpha value is -1.90. The summed E-state index contributed by atoms with van der Waals surface area (Å²) >= 11 is 0. The summed E-state index contributed by atoms with van der Waals surface area (Å²) < 4.78 is 45.5. The van der Waals surface area contributed by atoms with Crippen LogP contribution in [0.4, 0.5) is 4.39 Å². The number of nitrogens with zero attached hydrogens (tertiary/aromatic N) is 2. The normalized spacial score (nSPS) is 18.5. The van der Waals surface area contributed by atoms with Crippen molar-refractivity contribution in [3.8, 4) is 0 Å². The van der Waals surface area contributed by atoms with Crippen molar-refractivity contribution in [2.24, 2.45) is 0 Å². The molecule has 1 aliphatic rings. The van der Waals surface area contributed by atoms with E-state index in [4.69, 9.17) is 4.74 Å². The van der Waals surface area contributed by atoms with Crippen molar-refractivity contribution in [2.75, 3.05) is 13.2 Å². The second kappa shape index (κ2) is 7.33. The maximum atomic E-state index is 13.2. The van der Waals surface area contributed by atoms with E-state index in [0.717, 1.165) is 25.5 Å². The summed E-state index contributed by atoms with van der Waals surface area (Å²) in [6.45, 7) is 1.35. The minimum absolute atomic E-state index is 0.0158. The molecule has 6 nitrogen and oxygen atoms in total. The Balaban J connectivity index is 1.70. The Morgan fingerprint density at radius 3 is 2.96 bits per heavy atom. The lowest BCUT2D eigenvalue weighted by atomic mass is 10.0. The number of hydrogen-bond donors (Lipinski definition) is 1. The van der Waals surface area contributed by atoms with Gasteiger partial charge in [0.1, 0.15) is 11.6 Å². The third-order valence-electron chi connectivity index (χ3n) is 3.81. The fourth-order valence-corrected chi connectivity index (χ4v) is 3.57. The Bertz CT molecular complexity index is 808. The predicted octanol–water partition coefficient (Wildman–Crippen LogP) is 1.99. The van der Waals surface area contributed by atoms with Crippen LogP contribution in [0.2, 0.25) is 0 Å². The van der Waals surface area contributed by atoms with Gasteiger partial charge in [-0.3, -0.25) is 0 Å². The molecule has 128 valence electrons. The highest BCUT2D eigenvalue weighted by molar-refractivity contribution is 7.89. The molecule has 1 N–H and O–H groups in total. The first-order valence-electron chi connectivity index (χ1n) is 7.69. The zero-order valence-electron chi connectivity index (χ0n) is 13.0. The molecule has 1 aliphatic heterocycles. The van der Waals surface area contributed by atoms with Crippen molar-refractivity contribution in [1.29, 1.82) is 0 Å². The van der Waals surface area contributed by atoms with E-state index in [1.165, 1.54) is 18.2 Å². The summed E-state index contributed by atoms with van der Waals surface area (Å²) in [6, 6.07) is 6.53. The molecule has 2 heterocycles. The molecule has 0 spiro atoms. The molecule has 2 aromatic rings. The van der Waals surface area contributed by atoms with Crippen molar-refractivity contribution < 1.29 is 17.5 Å². The Morgan fingerprint density at radius 1 is 1.33 bits per heavy atom. The molecule has 1 fully saturated rings. The van der Waals surface area contributed by atoms with Crippen LogP contribution in [0.3, 0.4) is 0 Å². The smallest absolute Gasteiger partial charge is 0.241 e. The van der Waals surface area contributed by atoms with E-state index in [1.54, 1.807) is 12.3 Å². The van der Waals surface area contributed by atoms with E-state index in [1.807, 2.05) is 0 Å². The molecule has 0 bridgehead atoms. The number of aromatic nitrogens is 2. The third kappa shape index (κ3) is 4.14. The number of hydrogen-bond acceptors (Lipinski definition) is 5. The Labute approximate surface area is 140 Å². The highest BCUT2D eigenvalue weighted by atomic mass is 32.2. The lowest BCUT2D eigenvalue weighted by Gasteiger charge is -2.20. The van der Waals surface area contributed by atoms with Crippen LogP contribution in [-0.4, -0.2) is 31.6 Å². The molecule has 0 radical (unpaired) electrons. The van der Waals surface area contributed by atoms with Gasteiger partial charge < -0.3 is 4.74 Å². The fourth-order valence-electron chi connectivity index (χ4n) is 2.54. The molecular formula is C16H18FN3O3S. The number of sulfonamides is 1. The van der Waals surface area contributed by atoms with Crippen molar-refractivity contribution >= 4 is 10.0 Å². The number of benzene rings is 1. The molecule has 0 amide bonds. The second-order valence-corrected chi connectivity index (χ2v) is 7.37. The molecule has 24 heavy (non-hydrogen) atoms. The van der Waals surface area contributed by atoms with Crippen LogP contribution in [0.5, 0.6) is 0 Å². The number of rotatable bonds is 5. The highest BCUT2D eigenvalue weighted by Gasteiger charge is 2.19. The second-order valence-electron chi connectivity index (χ2n) is 5.60. The van der Waals surface area contributed by atoms with Crippen LogP contribution in [0.25, 0.3) is 0 Å². The van der Waals surface area contributed by atoms with E-state index in [-0.39, 0.29) is 17.4 Å². The number of nitrogens with one attached hydrogen (secondary N) is 1. The summed E-state index contributed by atoms with van der Waals surface area (Å²) in [7, 11) is -3.79. The van der Waals surface area contributed by atoms with Crippen molar-refractivity contribution in [1.82, 2.24) is 14.7 Å². The summed E-state index contributed by atoms with van der Waals surface area (Å²) in [5.74, 6) is 0.204. The van der Waals surface area contributed by atoms with E-state index >= 15 is 0 Å². The SMILES string of the molecule is O=S(=O)(NCc1ccnc([C@@H]2CCCOC2)n1)c1cccc(F)c1. The van der Waals surface area contributed by atoms with Crippen LogP contribution in [0, 0.1) is 5.82 Å². The highest BCUT2D eigenvalue weighted by Crippen LogP contribution is 2.22. The molecular weight excluding hydrogens is 333 g/mol. The first kappa shape index (κ1) is 16.9. The van der Waals surface area contributed by atoms with Crippen molar-refractivity contribution in [3.63, 3.8) is 0 Å². The molecule has 0 saturated carbocycles. The van der Waals surface area contributed by atoms with Crippen LogP contribution in [0.15, 0.2) is 41.4 Å². The van der Waals surface area contributed by atoms with Gasteiger partial charge in [0, 0.05) is 18.7 Å². The van der Waals surface area contributed by atoms with Crippen molar-refractivity contribution in [3.05, 3.63) is 53.9 Å². The summed E-state index contributed by atoms with van der Waals surface area (Å²) in [5, 5.41) is 0. The molecule has 0 unspecified atom stereocenters. The van der Waals surface area contributed by atoms with E-state index in [0.29, 0.717) is 18.1 Å². The van der Waals surface area contributed by atoms with Gasteiger partial charge in [-0.25, -0.2) is 27.5 Å². The zero-order valence-corrected chi connectivity index (χ0v) is 13.8. The molecule has 1 aromatic heterocycles. The largest absolute Gasteiger partial charge is 0.381 e. The zero-order chi connectivity index (χ0) is 17.0. The van der Waals surface area contributed by atoms with Gasteiger partial charge in [-0.15, -0.1) is 0 Å². The van der Waals surface area contributed by atoms with Gasteiger partial charge in [0.25, 0.3) is 0 Å². The van der Waals surface area contributed by atoms with Crippen LogP contribution >= 0.6 is 0 Å². The van der Waals surface area contributed by atoms with Crippen LogP contribution in [-0.2, 0) is 21.3 Å². The summed E-state index contributed by atoms with van der Waals surface area (Å²) in [6.07, 6.45) is 3.53. The van der Waals surface area contributed by atoms with E-state index in [2.05, 4.69) is 14.7 Å². The molecule has 1 aromatic carbocycles. The molecule has 8 heteroatoms. The van der Waals surface area contributed by atoms with Gasteiger partial charge >= 0.3 is 0 Å². The van der Waals surface area contributed by atoms with E-state index in [9.17, 15) is 12.8 Å². The maximum Gasteiger partial charge on any atom is 0.241 e. The maximum absolute atomic E-state index is 13.2. The average molecular weight is 351 g/mol. The minimum atomic E-state index is -3.79. The van der Waals surface area contributed by atoms with Gasteiger partial charge in [-0.1, -0.05) is 6.07 Å². The first-order valence-corrected chi connectivity index (χ1v) is 9.18. The molecule has 0 aliphatic carbocycles. The number of ether oxygens (including phenoxy) is 1. The van der Waals surface area contributed by atoms with Gasteiger partial charge in [-0.2, -0.15) is 0 Å². The Morgan fingerprint density at radius 2 is 2.21 bits per heavy atom. The monoisotopic (exact) mass is 351 g/mol. The first-order chi connectivity index (χ1) is 11.5. The van der Waals surface area contributed by atoms with Crippen molar-refractivity contribution in [2.45, 2.75) is 30.2 Å². The van der Waals surface area contributed by atoms with E-state index < -0.39 is 15.8 Å². The van der Waals surface area contributed by atoms with Gasteiger partial charge in [0.05, 0.1) is 23.7 Å². The molecule has 3 rings (SSSR count). The standard InChI is InChI=1S/C16H18FN3O3S/c17-13-4-1-5-15(9-13)24(21,22)19-10-14-6-7-18-16(20-14)12-3-2-8-23-11-12/h1,4-7,9,12,19H,2-3,8,10-11H2/t12-/m1/s1. The Kier molecular flexibility index (Phi) is 5.17. The number of halogens is 1. The lowest BCUT2D eigenvalue weighted by Crippen LogP contribution is -2.24. The van der Waals surface area contributed by atoms with Gasteiger partial charge in [0.2, 0.25) is 10.0 Å². The van der Waals surface area contributed by atoms with Gasteiger partial charge in [-0.05, 0) is 37.1 Å². The van der Waals surface area contributed by atoms with Crippen LogP contribution < -0.4 is 4.72 Å². The summed E-state index contributed by atoms with van der Waals surface area (Å²) in [5.41, 5.74) is 0.561. The van der Waals surface area contributed by atoms with Gasteiger partial charge in [0.15, 0.2) is 0 Å². The fraction of sp³-hybridized carbons (Fsp3) is 0.375.